The minimum absolute atomic E-state index is 0.00561. The van der Waals surface area contributed by atoms with Gasteiger partial charge in [-0.15, -0.1) is 4.89 Å². The van der Waals surface area contributed by atoms with Crippen molar-refractivity contribution < 1.29 is 36.8 Å². The second-order valence-corrected chi connectivity index (χ2v) is 4.09. The Morgan fingerprint density at radius 3 is 2.59 bits per heavy atom. The molecule has 0 spiro atoms. The highest BCUT2D eigenvalue weighted by molar-refractivity contribution is 7.80. The number of cyclic esters (lactones) is 1. The maximum atomic E-state index is 11.3. The van der Waals surface area contributed by atoms with Crippen LogP contribution in [-0.4, -0.2) is 24.0 Å². The summed E-state index contributed by atoms with van der Waals surface area (Å²) in [6.45, 7) is 0. The van der Waals surface area contributed by atoms with Crippen LogP contribution in [0.15, 0.2) is 24.3 Å². The molecular formula is C8H6O8S. The van der Waals surface area contributed by atoms with Gasteiger partial charge in [0.2, 0.25) is 0 Å². The van der Waals surface area contributed by atoms with Crippen molar-refractivity contribution in [2.45, 2.75) is 5.97 Å². The first kappa shape index (κ1) is 12.0. The quantitative estimate of drug-likeness (QED) is 0.251. The molecule has 1 aromatic carbocycles. The van der Waals surface area contributed by atoms with Crippen LogP contribution in [0.5, 0.6) is 0 Å². The van der Waals surface area contributed by atoms with Crippen LogP contribution in [0, 0.1) is 0 Å². The molecule has 0 aliphatic carbocycles. The number of benzene rings is 1. The van der Waals surface area contributed by atoms with Crippen molar-refractivity contribution in [3.8, 4) is 0 Å². The molecule has 1 atom stereocenters. The van der Waals surface area contributed by atoms with Crippen LogP contribution >= 0.6 is 0 Å². The Bertz CT molecular complexity index is 565. The van der Waals surface area contributed by atoms with Crippen LogP contribution in [0.25, 0.3) is 0 Å². The van der Waals surface area contributed by atoms with Crippen molar-refractivity contribution in [3.63, 3.8) is 0 Å². The standard InChI is InChI=1S/C8H6O8S/c9-7-5-3-1-2-4-6(5)8(10,14-7)15-16-17(11,12)13/h1-4,10H,(H,11,12,13). The van der Waals surface area contributed by atoms with E-state index in [1.54, 1.807) is 0 Å². The van der Waals surface area contributed by atoms with E-state index in [4.69, 9.17) is 4.55 Å². The fraction of sp³-hybridized carbons (Fsp3) is 0.125. The molecule has 1 aliphatic rings. The molecule has 1 aromatic rings. The van der Waals surface area contributed by atoms with E-state index in [0.29, 0.717) is 0 Å². The lowest BCUT2D eigenvalue weighted by molar-refractivity contribution is -0.453. The maximum Gasteiger partial charge on any atom is 0.424 e. The second-order valence-electron chi connectivity index (χ2n) is 3.10. The lowest BCUT2D eigenvalue weighted by Gasteiger charge is -2.18. The minimum Gasteiger partial charge on any atom is -0.398 e. The molecule has 92 valence electrons. The van der Waals surface area contributed by atoms with E-state index >= 15 is 0 Å². The van der Waals surface area contributed by atoms with Crippen molar-refractivity contribution in [3.05, 3.63) is 35.4 Å². The third-order valence-corrected chi connectivity index (χ3v) is 2.19. The van der Waals surface area contributed by atoms with Gasteiger partial charge in [0.25, 0.3) is 0 Å². The van der Waals surface area contributed by atoms with Gasteiger partial charge in [0.1, 0.15) is 0 Å². The van der Waals surface area contributed by atoms with Gasteiger partial charge in [-0.2, -0.15) is 8.42 Å². The van der Waals surface area contributed by atoms with Crippen LogP contribution in [0.4, 0.5) is 0 Å². The molecule has 0 radical (unpaired) electrons. The molecule has 1 unspecified atom stereocenters. The summed E-state index contributed by atoms with van der Waals surface area (Å²) in [5.41, 5.74) is -0.136. The normalized spacial score (nSPS) is 23.3. The van der Waals surface area contributed by atoms with Crippen molar-refractivity contribution >= 4 is 16.4 Å². The number of ether oxygens (including phenoxy) is 1. The highest BCUT2D eigenvalue weighted by atomic mass is 32.3. The van der Waals surface area contributed by atoms with Crippen LogP contribution in [-0.2, 0) is 30.3 Å². The number of rotatable bonds is 3. The van der Waals surface area contributed by atoms with Crippen molar-refractivity contribution in [2.75, 3.05) is 0 Å². The Hall–Kier alpha value is -1.52. The van der Waals surface area contributed by atoms with E-state index in [0.717, 1.165) is 0 Å². The molecule has 9 heteroatoms. The highest BCUT2D eigenvalue weighted by Crippen LogP contribution is 2.35. The van der Waals surface area contributed by atoms with Crippen LogP contribution in [0.1, 0.15) is 15.9 Å². The molecule has 2 rings (SSSR count). The predicted octanol–water partition coefficient (Wildman–Crippen LogP) is -0.289. The molecule has 0 bridgehead atoms. The Labute approximate surface area is 95.2 Å². The van der Waals surface area contributed by atoms with Crippen molar-refractivity contribution in [1.29, 1.82) is 0 Å². The van der Waals surface area contributed by atoms with Gasteiger partial charge in [-0.3, -0.25) is 4.55 Å². The zero-order chi connectivity index (χ0) is 12.7. The first-order chi connectivity index (χ1) is 7.82. The van der Waals surface area contributed by atoms with Crippen LogP contribution in [0.2, 0.25) is 0 Å². The molecule has 0 saturated carbocycles. The van der Waals surface area contributed by atoms with Crippen molar-refractivity contribution in [1.82, 2.24) is 0 Å². The SMILES string of the molecule is O=C1OC(O)(OOS(=O)(=O)O)c2ccccc21. The Balaban J connectivity index is 2.32. The largest absolute Gasteiger partial charge is 0.424 e. The van der Waals surface area contributed by atoms with E-state index in [1.165, 1.54) is 24.3 Å². The lowest BCUT2D eigenvalue weighted by atomic mass is 10.1. The van der Waals surface area contributed by atoms with Gasteiger partial charge < -0.3 is 9.84 Å². The van der Waals surface area contributed by atoms with Crippen LogP contribution in [0.3, 0.4) is 0 Å². The first-order valence-electron chi connectivity index (χ1n) is 4.22. The van der Waals surface area contributed by atoms with E-state index in [2.05, 4.69) is 14.0 Å². The minimum atomic E-state index is -4.94. The average molecular weight is 262 g/mol. The summed E-state index contributed by atoms with van der Waals surface area (Å²) in [5.74, 6) is -3.62. The number of esters is 1. The fourth-order valence-electron chi connectivity index (χ4n) is 1.32. The highest BCUT2D eigenvalue weighted by Gasteiger charge is 2.47. The van der Waals surface area contributed by atoms with Crippen molar-refractivity contribution in [2.24, 2.45) is 0 Å². The lowest BCUT2D eigenvalue weighted by Crippen LogP contribution is -2.30. The number of carbonyl (C=O) groups is 1. The summed E-state index contributed by atoms with van der Waals surface area (Å²) in [5, 5.41) is 9.71. The molecule has 17 heavy (non-hydrogen) atoms. The third kappa shape index (κ3) is 2.28. The number of carbonyl (C=O) groups excluding carboxylic acids is 1. The molecule has 8 nitrogen and oxygen atoms in total. The summed E-state index contributed by atoms with van der Waals surface area (Å²) in [4.78, 5) is 15.3. The van der Waals surface area contributed by atoms with Gasteiger partial charge in [-0.1, -0.05) is 16.5 Å². The molecule has 0 saturated heterocycles. The van der Waals surface area contributed by atoms with Crippen LogP contribution < -0.4 is 0 Å². The van der Waals surface area contributed by atoms with Gasteiger partial charge in [-0.25, -0.2) is 4.79 Å². The molecule has 0 fully saturated rings. The monoisotopic (exact) mass is 262 g/mol. The molecule has 0 aromatic heterocycles. The van der Waals surface area contributed by atoms with E-state index in [1.807, 2.05) is 0 Å². The summed E-state index contributed by atoms with van der Waals surface area (Å²) >= 11 is 0. The number of aliphatic hydroxyl groups is 1. The van der Waals surface area contributed by atoms with Gasteiger partial charge in [0, 0.05) is 0 Å². The molecule has 1 heterocycles. The van der Waals surface area contributed by atoms with Gasteiger partial charge in [0.15, 0.2) is 0 Å². The zero-order valence-corrected chi connectivity index (χ0v) is 8.88. The summed E-state index contributed by atoms with van der Waals surface area (Å²) in [6.07, 6.45) is 0. The average Bonchev–Trinajstić information content (AvgIpc) is 2.50. The zero-order valence-electron chi connectivity index (χ0n) is 8.06. The third-order valence-electron chi connectivity index (χ3n) is 1.95. The summed E-state index contributed by atoms with van der Waals surface area (Å²) < 4.78 is 36.8. The van der Waals surface area contributed by atoms with E-state index in [9.17, 15) is 18.3 Å². The summed E-state index contributed by atoms with van der Waals surface area (Å²) in [6, 6.07) is 5.58. The number of fused-ring (bicyclic) bond motifs is 1. The number of hydrogen-bond acceptors (Lipinski definition) is 7. The Morgan fingerprint density at radius 2 is 1.94 bits per heavy atom. The van der Waals surface area contributed by atoms with Gasteiger partial charge >= 0.3 is 22.3 Å². The number of hydrogen-bond donors (Lipinski definition) is 2. The fourth-order valence-corrected chi connectivity index (χ4v) is 1.50. The van der Waals surface area contributed by atoms with Gasteiger partial charge in [-0.05, 0) is 12.1 Å². The molecule has 1 aliphatic heterocycles. The molecule has 0 amide bonds. The van der Waals surface area contributed by atoms with Gasteiger partial charge in [0.05, 0.1) is 11.1 Å². The van der Waals surface area contributed by atoms with E-state index in [-0.39, 0.29) is 11.1 Å². The molecular weight excluding hydrogens is 256 g/mol. The van der Waals surface area contributed by atoms with E-state index < -0.39 is 22.3 Å². The Morgan fingerprint density at radius 1 is 1.29 bits per heavy atom. The smallest absolute Gasteiger partial charge is 0.398 e. The predicted molar refractivity (Wildman–Crippen MR) is 49.5 cm³/mol. The Kier molecular flexibility index (Phi) is 2.64. The maximum absolute atomic E-state index is 11.3. The topological polar surface area (TPSA) is 119 Å². The molecule has 2 N–H and O–H groups in total. The first-order valence-corrected chi connectivity index (χ1v) is 5.58. The summed E-state index contributed by atoms with van der Waals surface area (Å²) in [7, 11) is -4.94. The second kappa shape index (κ2) is 3.75.